The Kier molecular flexibility index (Phi) is 6.96. The predicted molar refractivity (Wildman–Crippen MR) is 83.7 cm³/mol. The molecule has 0 bridgehead atoms. The standard InChI is InChI=1S/C17H22F10O4/c1-3-11(5-28-6-11)9-30-16(24,25)14(20,21)13(18,19)15(22,23)17(26,27)31-10-12(4-2)7-29-8-12/h3-10H2,1-2H3. The van der Waals surface area contributed by atoms with Crippen molar-refractivity contribution >= 4 is 0 Å². The SMILES string of the molecule is CCC1(COC(F)(F)C(F)(F)C(F)(F)C(F)(F)C(F)(F)OCC2(CC)COC2)COC1. The van der Waals surface area contributed by atoms with Crippen LogP contribution in [-0.4, -0.2) is 69.6 Å². The first kappa shape index (κ1) is 26.4. The molecular formula is C17H22F10O4. The quantitative estimate of drug-likeness (QED) is 0.370. The van der Waals surface area contributed by atoms with Gasteiger partial charge in [0.05, 0.1) is 39.6 Å². The Morgan fingerprint density at radius 2 is 0.871 bits per heavy atom. The second-order valence-corrected chi connectivity index (χ2v) is 8.03. The second-order valence-electron chi connectivity index (χ2n) is 8.03. The van der Waals surface area contributed by atoms with Crippen LogP contribution < -0.4 is 0 Å². The summed E-state index contributed by atoms with van der Waals surface area (Å²) in [6.45, 7) is -0.449. The maximum atomic E-state index is 13.9. The first-order valence-electron chi connectivity index (χ1n) is 9.27. The molecule has 0 N–H and O–H groups in total. The molecule has 0 atom stereocenters. The van der Waals surface area contributed by atoms with Crippen LogP contribution in [0.25, 0.3) is 0 Å². The van der Waals surface area contributed by atoms with Gasteiger partial charge in [0.1, 0.15) is 0 Å². The van der Waals surface area contributed by atoms with Crippen LogP contribution in [0.3, 0.4) is 0 Å². The second kappa shape index (κ2) is 8.17. The first-order chi connectivity index (χ1) is 13.9. The summed E-state index contributed by atoms with van der Waals surface area (Å²) in [6, 6.07) is 0. The van der Waals surface area contributed by atoms with Crippen LogP contribution >= 0.6 is 0 Å². The van der Waals surface area contributed by atoms with Gasteiger partial charge < -0.3 is 18.9 Å². The van der Waals surface area contributed by atoms with Gasteiger partial charge in [-0.15, -0.1) is 0 Å². The molecule has 31 heavy (non-hydrogen) atoms. The number of halogens is 10. The molecule has 0 aromatic heterocycles. The van der Waals surface area contributed by atoms with Gasteiger partial charge in [-0.1, -0.05) is 13.8 Å². The van der Waals surface area contributed by atoms with Gasteiger partial charge in [-0.05, 0) is 12.8 Å². The largest absolute Gasteiger partial charge is 0.426 e. The molecule has 0 radical (unpaired) electrons. The predicted octanol–water partition coefficient (Wildman–Crippen LogP) is 4.96. The Bertz CT molecular complexity index is 569. The van der Waals surface area contributed by atoms with Gasteiger partial charge in [-0.3, -0.25) is 0 Å². The monoisotopic (exact) mass is 480 g/mol. The molecule has 2 fully saturated rings. The van der Waals surface area contributed by atoms with Gasteiger partial charge in [0.2, 0.25) is 0 Å². The summed E-state index contributed by atoms with van der Waals surface area (Å²) < 4.78 is 155. The highest BCUT2D eigenvalue weighted by atomic mass is 19.4. The molecule has 2 aliphatic rings. The summed E-state index contributed by atoms with van der Waals surface area (Å²) in [4.78, 5) is 0. The molecule has 2 saturated heterocycles. The van der Waals surface area contributed by atoms with E-state index in [-0.39, 0.29) is 39.3 Å². The van der Waals surface area contributed by atoms with Crippen LogP contribution in [0.1, 0.15) is 26.7 Å². The molecule has 4 nitrogen and oxygen atoms in total. The van der Waals surface area contributed by atoms with E-state index in [4.69, 9.17) is 9.47 Å². The lowest BCUT2D eigenvalue weighted by molar-refractivity contribution is -0.475. The topological polar surface area (TPSA) is 36.9 Å². The van der Waals surface area contributed by atoms with Crippen molar-refractivity contribution in [2.24, 2.45) is 10.8 Å². The molecule has 0 aromatic carbocycles. The van der Waals surface area contributed by atoms with Crippen molar-refractivity contribution in [2.45, 2.75) is 56.7 Å². The zero-order chi connectivity index (χ0) is 24.0. The summed E-state index contributed by atoms with van der Waals surface area (Å²) in [6.07, 6.45) is -12.3. The minimum Gasteiger partial charge on any atom is -0.380 e. The number of rotatable bonds is 12. The zero-order valence-electron chi connectivity index (χ0n) is 16.6. The van der Waals surface area contributed by atoms with Crippen molar-refractivity contribution in [3.05, 3.63) is 0 Å². The van der Waals surface area contributed by atoms with E-state index in [2.05, 4.69) is 9.47 Å². The van der Waals surface area contributed by atoms with E-state index in [0.717, 1.165) is 0 Å². The number of ether oxygens (including phenoxy) is 4. The molecule has 14 heteroatoms. The fourth-order valence-electron chi connectivity index (χ4n) is 2.79. The van der Waals surface area contributed by atoms with E-state index in [1.165, 1.54) is 13.8 Å². The van der Waals surface area contributed by atoms with E-state index in [1.807, 2.05) is 0 Å². The van der Waals surface area contributed by atoms with Crippen molar-refractivity contribution in [2.75, 3.05) is 39.6 Å². The third-order valence-electron chi connectivity index (χ3n) is 5.77. The molecule has 0 aromatic rings. The van der Waals surface area contributed by atoms with Crippen LogP contribution in [0.2, 0.25) is 0 Å². The lowest BCUT2D eigenvalue weighted by atomic mass is 9.84. The molecule has 2 heterocycles. The molecule has 0 unspecified atom stereocenters. The number of hydrogen-bond donors (Lipinski definition) is 0. The molecule has 2 rings (SSSR count). The van der Waals surface area contributed by atoms with E-state index in [9.17, 15) is 43.9 Å². The minimum atomic E-state index is -7.24. The smallest absolute Gasteiger partial charge is 0.380 e. The maximum absolute atomic E-state index is 13.9. The molecule has 0 aliphatic carbocycles. The van der Waals surface area contributed by atoms with E-state index < -0.39 is 54.0 Å². The first-order valence-corrected chi connectivity index (χ1v) is 9.27. The summed E-state index contributed by atoms with van der Waals surface area (Å²) in [5.41, 5.74) is -2.41. The van der Waals surface area contributed by atoms with E-state index in [0.29, 0.717) is 0 Å². The number of hydrogen-bond acceptors (Lipinski definition) is 4. The van der Waals surface area contributed by atoms with E-state index in [1.54, 1.807) is 0 Å². The lowest BCUT2D eigenvalue weighted by Crippen LogP contribution is -2.68. The molecule has 184 valence electrons. The maximum Gasteiger partial charge on any atom is 0.426 e. The minimum absolute atomic E-state index is 0.0655. The van der Waals surface area contributed by atoms with Crippen molar-refractivity contribution in [1.82, 2.24) is 0 Å². The van der Waals surface area contributed by atoms with Gasteiger partial charge in [0, 0.05) is 10.8 Å². The van der Waals surface area contributed by atoms with Crippen LogP contribution in [0.4, 0.5) is 43.9 Å². The average Bonchev–Trinajstić information content (AvgIpc) is 2.60. The Hall–Kier alpha value is -0.860. The number of alkyl halides is 10. The van der Waals surface area contributed by atoms with Crippen LogP contribution in [0.15, 0.2) is 0 Å². The van der Waals surface area contributed by atoms with Crippen molar-refractivity contribution in [3.8, 4) is 0 Å². The fraction of sp³-hybridized carbons (Fsp3) is 1.00. The van der Waals surface area contributed by atoms with Crippen molar-refractivity contribution in [3.63, 3.8) is 0 Å². The van der Waals surface area contributed by atoms with Gasteiger partial charge in [0.15, 0.2) is 0 Å². The Morgan fingerprint density at radius 3 is 1.06 bits per heavy atom. The van der Waals surface area contributed by atoms with Gasteiger partial charge >= 0.3 is 30.0 Å². The highest BCUT2D eigenvalue weighted by Crippen LogP contribution is 2.58. The third kappa shape index (κ3) is 4.24. The molecule has 0 saturated carbocycles. The van der Waals surface area contributed by atoms with Crippen LogP contribution in [0.5, 0.6) is 0 Å². The molecule has 0 amide bonds. The summed E-state index contributed by atoms with van der Waals surface area (Å²) in [5.74, 6) is -21.2. The van der Waals surface area contributed by atoms with Crippen LogP contribution in [0, 0.1) is 10.8 Å². The van der Waals surface area contributed by atoms with Crippen molar-refractivity contribution in [1.29, 1.82) is 0 Å². The summed E-state index contributed by atoms with van der Waals surface area (Å²) in [7, 11) is 0. The average molecular weight is 480 g/mol. The molecular weight excluding hydrogens is 458 g/mol. The zero-order valence-corrected chi connectivity index (χ0v) is 16.6. The van der Waals surface area contributed by atoms with Gasteiger partial charge in [0.25, 0.3) is 0 Å². The molecule has 2 aliphatic heterocycles. The fourth-order valence-corrected chi connectivity index (χ4v) is 2.79. The molecule has 0 spiro atoms. The highest BCUT2D eigenvalue weighted by molar-refractivity contribution is 5.04. The summed E-state index contributed by atoms with van der Waals surface area (Å²) in [5, 5.41) is 0. The third-order valence-corrected chi connectivity index (χ3v) is 5.77. The van der Waals surface area contributed by atoms with Crippen molar-refractivity contribution < 1.29 is 62.9 Å². The normalized spacial score (nSPS) is 22.1. The van der Waals surface area contributed by atoms with Gasteiger partial charge in [-0.2, -0.15) is 43.9 Å². The van der Waals surface area contributed by atoms with Crippen LogP contribution in [-0.2, 0) is 18.9 Å². The highest BCUT2D eigenvalue weighted by Gasteiger charge is 2.88. The van der Waals surface area contributed by atoms with E-state index >= 15 is 0 Å². The van der Waals surface area contributed by atoms with Gasteiger partial charge in [-0.25, -0.2) is 0 Å². The Labute approximate surface area is 171 Å². The summed E-state index contributed by atoms with van der Waals surface area (Å²) >= 11 is 0. The Balaban J connectivity index is 2.19. The Morgan fingerprint density at radius 1 is 0.581 bits per heavy atom. The lowest BCUT2D eigenvalue weighted by Gasteiger charge is -2.44.